The van der Waals surface area contributed by atoms with Gasteiger partial charge in [0.15, 0.2) is 5.69 Å². The molecule has 0 saturated heterocycles. The van der Waals surface area contributed by atoms with Gasteiger partial charge in [-0.2, -0.15) is 5.26 Å². The van der Waals surface area contributed by atoms with Gasteiger partial charge in [0.1, 0.15) is 17.7 Å². The Morgan fingerprint density at radius 2 is 2.04 bits per heavy atom. The molecule has 114 valence electrons. The van der Waals surface area contributed by atoms with Crippen LogP contribution in [0.25, 0.3) is 0 Å². The third-order valence-corrected chi connectivity index (χ3v) is 3.52. The minimum atomic E-state index is 0.313. The minimum absolute atomic E-state index is 0.313. The highest BCUT2D eigenvalue weighted by atomic mass is 15.2. The predicted molar refractivity (Wildman–Crippen MR) is 86.6 cm³/mol. The standard InChI is InChI=1S/C17H16N6/c1-13-19-7-8-23(13)12-15-4-2-3-14(9-15)11-20-17-6-5-16(10-18)21-22-17/h2-9H,11-12H2,1H3,(H,20,22). The normalized spacial score (nSPS) is 10.3. The highest BCUT2D eigenvalue weighted by Gasteiger charge is 2.01. The van der Waals surface area contributed by atoms with Crippen molar-refractivity contribution >= 4 is 5.82 Å². The lowest BCUT2D eigenvalue weighted by Crippen LogP contribution is -2.05. The number of imidazole rings is 1. The number of aromatic nitrogens is 4. The van der Waals surface area contributed by atoms with Gasteiger partial charge in [0.25, 0.3) is 0 Å². The number of anilines is 1. The van der Waals surface area contributed by atoms with Crippen molar-refractivity contribution in [2.24, 2.45) is 0 Å². The van der Waals surface area contributed by atoms with Crippen molar-refractivity contribution in [1.82, 2.24) is 19.7 Å². The van der Waals surface area contributed by atoms with E-state index in [1.165, 1.54) is 5.56 Å². The number of nitrogens with zero attached hydrogens (tertiary/aromatic N) is 5. The van der Waals surface area contributed by atoms with Gasteiger partial charge >= 0.3 is 0 Å². The maximum atomic E-state index is 8.71. The summed E-state index contributed by atoms with van der Waals surface area (Å²) in [5, 5.41) is 19.7. The molecule has 0 radical (unpaired) electrons. The van der Waals surface area contributed by atoms with Crippen molar-refractivity contribution in [3.63, 3.8) is 0 Å². The van der Waals surface area contributed by atoms with Crippen molar-refractivity contribution in [2.75, 3.05) is 5.32 Å². The molecule has 23 heavy (non-hydrogen) atoms. The number of nitriles is 1. The van der Waals surface area contributed by atoms with Crippen molar-refractivity contribution in [3.05, 3.63) is 71.4 Å². The van der Waals surface area contributed by atoms with E-state index in [9.17, 15) is 0 Å². The van der Waals surface area contributed by atoms with Crippen LogP contribution in [0.5, 0.6) is 0 Å². The average Bonchev–Trinajstić information content (AvgIpc) is 2.99. The van der Waals surface area contributed by atoms with Crippen molar-refractivity contribution in [3.8, 4) is 6.07 Å². The molecule has 0 unspecified atom stereocenters. The molecule has 0 aliphatic carbocycles. The lowest BCUT2D eigenvalue weighted by atomic mass is 10.1. The van der Waals surface area contributed by atoms with Gasteiger partial charge in [0, 0.05) is 25.5 Å². The fraction of sp³-hybridized carbons (Fsp3) is 0.176. The monoisotopic (exact) mass is 304 g/mol. The van der Waals surface area contributed by atoms with Gasteiger partial charge in [-0.25, -0.2) is 4.98 Å². The smallest absolute Gasteiger partial charge is 0.163 e. The van der Waals surface area contributed by atoms with E-state index in [4.69, 9.17) is 5.26 Å². The molecule has 0 spiro atoms. The second-order valence-electron chi connectivity index (χ2n) is 5.19. The van der Waals surface area contributed by atoms with Crippen LogP contribution in [0.15, 0.2) is 48.8 Å². The summed E-state index contributed by atoms with van der Waals surface area (Å²) in [6, 6.07) is 13.7. The molecule has 2 aromatic heterocycles. The summed E-state index contributed by atoms with van der Waals surface area (Å²) >= 11 is 0. The molecular formula is C17H16N6. The zero-order valence-electron chi connectivity index (χ0n) is 12.8. The zero-order chi connectivity index (χ0) is 16.1. The molecule has 1 aromatic carbocycles. The highest BCUT2D eigenvalue weighted by Crippen LogP contribution is 2.11. The SMILES string of the molecule is Cc1nccn1Cc1cccc(CNc2ccc(C#N)nn2)c1. The third kappa shape index (κ3) is 3.71. The summed E-state index contributed by atoms with van der Waals surface area (Å²) in [7, 11) is 0. The van der Waals surface area contributed by atoms with Crippen LogP contribution in [0.2, 0.25) is 0 Å². The Morgan fingerprint density at radius 1 is 1.17 bits per heavy atom. The van der Waals surface area contributed by atoms with Crippen LogP contribution in [0, 0.1) is 18.3 Å². The Bertz CT molecular complexity index is 829. The van der Waals surface area contributed by atoms with Gasteiger partial charge in [0.2, 0.25) is 0 Å². The molecule has 0 fully saturated rings. The summed E-state index contributed by atoms with van der Waals surface area (Å²) < 4.78 is 2.11. The van der Waals surface area contributed by atoms with E-state index in [1.54, 1.807) is 12.1 Å². The van der Waals surface area contributed by atoms with E-state index in [-0.39, 0.29) is 0 Å². The molecule has 0 aliphatic heterocycles. The zero-order valence-corrected chi connectivity index (χ0v) is 12.8. The third-order valence-electron chi connectivity index (χ3n) is 3.52. The molecule has 6 nitrogen and oxygen atoms in total. The summed E-state index contributed by atoms with van der Waals surface area (Å²) in [5.41, 5.74) is 2.69. The summed E-state index contributed by atoms with van der Waals surface area (Å²) in [4.78, 5) is 4.24. The second kappa shape index (κ2) is 6.71. The van der Waals surface area contributed by atoms with Crippen molar-refractivity contribution < 1.29 is 0 Å². The van der Waals surface area contributed by atoms with Gasteiger partial charge in [-0.15, -0.1) is 10.2 Å². The maximum Gasteiger partial charge on any atom is 0.163 e. The molecule has 0 saturated carbocycles. The van der Waals surface area contributed by atoms with E-state index in [1.807, 2.05) is 31.5 Å². The molecule has 6 heteroatoms. The molecule has 3 aromatic rings. The van der Waals surface area contributed by atoms with Crippen LogP contribution in [-0.2, 0) is 13.1 Å². The topological polar surface area (TPSA) is 79.4 Å². The minimum Gasteiger partial charge on any atom is -0.365 e. The Morgan fingerprint density at radius 3 is 2.74 bits per heavy atom. The summed E-state index contributed by atoms with van der Waals surface area (Å²) in [5.74, 6) is 1.65. The first kappa shape index (κ1) is 14.7. The molecule has 2 heterocycles. The number of nitrogens with one attached hydrogen (secondary N) is 1. The average molecular weight is 304 g/mol. The first-order valence-corrected chi connectivity index (χ1v) is 7.28. The number of rotatable bonds is 5. The van der Waals surface area contributed by atoms with Gasteiger partial charge in [-0.3, -0.25) is 0 Å². The van der Waals surface area contributed by atoms with Crippen LogP contribution in [0.3, 0.4) is 0 Å². The maximum absolute atomic E-state index is 8.71. The van der Waals surface area contributed by atoms with E-state index >= 15 is 0 Å². The summed E-state index contributed by atoms with van der Waals surface area (Å²) in [6.07, 6.45) is 3.79. The molecule has 1 N–H and O–H groups in total. The van der Waals surface area contributed by atoms with Crippen LogP contribution in [0.4, 0.5) is 5.82 Å². The van der Waals surface area contributed by atoms with Crippen LogP contribution >= 0.6 is 0 Å². The predicted octanol–water partition coefficient (Wildman–Crippen LogP) is 2.51. The quantitative estimate of drug-likeness (QED) is 0.783. The largest absolute Gasteiger partial charge is 0.365 e. The summed E-state index contributed by atoms with van der Waals surface area (Å²) in [6.45, 7) is 3.45. The molecular weight excluding hydrogens is 288 g/mol. The lowest BCUT2D eigenvalue weighted by Gasteiger charge is -2.09. The molecule has 0 aliphatic rings. The number of hydrogen-bond acceptors (Lipinski definition) is 5. The second-order valence-corrected chi connectivity index (χ2v) is 5.19. The fourth-order valence-corrected chi connectivity index (χ4v) is 2.28. The van der Waals surface area contributed by atoms with Gasteiger partial charge in [-0.05, 0) is 30.2 Å². The molecule has 0 atom stereocenters. The van der Waals surface area contributed by atoms with Crippen molar-refractivity contribution in [1.29, 1.82) is 5.26 Å². The van der Waals surface area contributed by atoms with E-state index in [0.717, 1.165) is 17.9 Å². The number of aryl methyl sites for hydroxylation is 1. The Hall–Kier alpha value is -3.20. The van der Waals surface area contributed by atoms with Crippen LogP contribution in [-0.4, -0.2) is 19.7 Å². The van der Waals surface area contributed by atoms with Gasteiger partial charge in [-0.1, -0.05) is 24.3 Å². The molecule has 3 rings (SSSR count). The van der Waals surface area contributed by atoms with Crippen LogP contribution in [0.1, 0.15) is 22.6 Å². The van der Waals surface area contributed by atoms with Crippen molar-refractivity contribution in [2.45, 2.75) is 20.0 Å². The Balaban J connectivity index is 1.65. The Kier molecular flexibility index (Phi) is 4.29. The van der Waals surface area contributed by atoms with Gasteiger partial charge < -0.3 is 9.88 Å². The van der Waals surface area contributed by atoms with E-state index < -0.39 is 0 Å². The van der Waals surface area contributed by atoms with Gasteiger partial charge in [0.05, 0.1) is 0 Å². The van der Waals surface area contributed by atoms with E-state index in [0.29, 0.717) is 18.1 Å². The first-order chi connectivity index (χ1) is 11.2. The lowest BCUT2D eigenvalue weighted by molar-refractivity contribution is 0.760. The molecule has 0 amide bonds. The van der Waals surface area contributed by atoms with Crippen LogP contribution < -0.4 is 5.32 Å². The molecule has 0 bridgehead atoms. The fourth-order valence-electron chi connectivity index (χ4n) is 2.28. The Labute approximate surface area is 134 Å². The highest BCUT2D eigenvalue weighted by molar-refractivity contribution is 5.37. The number of hydrogen-bond donors (Lipinski definition) is 1. The number of benzene rings is 1. The first-order valence-electron chi connectivity index (χ1n) is 7.28. The van der Waals surface area contributed by atoms with E-state index in [2.05, 4.69) is 43.3 Å².